The number of methoxy groups -OCH3 is 1. The molecule has 29 heavy (non-hydrogen) atoms. The molecule has 3 rings (SSSR count). The zero-order chi connectivity index (χ0) is 21.2. The molecule has 0 bridgehead atoms. The van der Waals surface area contributed by atoms with Gasteiger partial charge in [-0.1, -0.05) is 13.0 Å². The van der Waals surface area contributed by atoms with Crippen LogP contribution in [-0.4, -0.2) is 38.3 Å². The number of rotatable bonds is 6. The van der Waals surface area contributed by atoms with Crippen LogP contribution in [0.15, 0.2) is 52.3 Å². The normalized spacial score (nSPS) is 17.1. The van der Waals surface area contributed by atoms with Crippen molar-refractivity contribution in [3.63, 3.8) is 0 Å². The number of nitrogens with one attached hydrogen (secondary N) is 2. The minimum Gasteiger partial charge on any atom is -0.497 e. The zero-order valence-corrected chi connectivity index (χ0v) is 17.9. The minimum atomic E-state index is -3.72. The van der Waals surface area contributed by atoms with Gasteiger partial charge in [-0.15, -0.1) is 11.8 Å². The first-order valence-electron chi connectivity index (χ1n) is 8.99. The number of anilines is 2. The summed E-state index contributed by atoms with van der Waals surface area (Å²) in [5.41, 5.74) is 1.01. The molecule has 1 heterocycles. The lowest BCUT2D eigenvalue weighted by Gasteiger charge is -2.22. The summed E-state index contributed by atoms with van der Waals surface area (Å²) in [6.45, 7) is 3.35. The van der Waals surface area contributed by atoms with E-state index in [2.05, 4.69) is 10.6 Å². The van der Waals surface area contributed by atoms with Crippen LogP contribution in [0.3, 0.4) is 0 Å². The van der Waals surface area contributed by atoms with E-state index in [1.54, 1.807) is 44.2 Å². The van der Waals surface area contributed by atoms with Crippen LogP contribution in [0.4, 0.5) is 11.4 Å². The number of sulfone groups is 1. The molecular weight excluding hydrogens is 412 g/mol. The average Bonchev–Trinajstić information content (AvgIpc) is 2.68. The molecule has 154 valence electrons. The predicted molar refractivity (Wildman–Crippen MR) is 113 cm³/mol. The fraction of sp³-hybridized carbons (Fsp3) is 0.300. The van der Waals surface area contributed by atoms with E-state index in [-0.39, 0.29) is 21.8 Å². The number of thioether (sulfide) groups is 1. The molecule has 1 aliphatic heterocycles. The van der Waals surface area contributed by atoms with Gasteiger partial charge in [0.05, 0.1) is 28.7 Å². The SMILES string of the molecule is COc1cccc(NC(=O)[C@H](C)CS(=O)(=O)c2ccc3c(c2)NC(=O)[C@H](C)S3)c1. The minimum absolute atomic E-state index is 0.0766. The topological polar surface area (TPSA) is 102 Å². The van der Waals surface area contributed by atoms with Crippen LogP contribution in [0.2, 0.25) is 0 Å². The molecule has 2 atom stereocenters. The van der Waals surface area contributed by atoms with Crippen molar-refractivity contribution in [3.05, 3.63) is 42.5 Å². The number of hydrogen-bond donors (Lipinski definition) is 2. The quantitative estimate of drug-likeness (QED) is 0.724. The van der Waals surface area contributed by atoms with Crippen LogP contribution < -0.4 is 15.4 Å². The van der Waals surface area contributed by atoms with E-state index in [0.717, 1.165) is 4.90 Å². The Bertz CT molecular complexity index is 1050. The monoisotopic (exact) mass is 434 g/mol. The average molecular weight is 435 g/mol. The third-order valence-electron chi connectivity index (χ3n) is 4.50. The Morgan fingerprint density at radius 2 is 2.03 bits per heavy atom. The van der Waals surface area contributed by atoms with E-state index in [0.29, 0.717) is 17.1 Å². The molecule has 0 fully saturated rings. The summed E-state index contributed by atoms with van der Waals surface area (Å²) < 4.78 is 30.7. The van der Waals surface area contributed by atoms with Crippen LogP contribution in [-0.2, 0) is 19.4 Å². The first-order valence-corrected chi connectivity index (χ1v) is 11.5. The number of fused-ring (bicyclic) bond motifs is 1. The third kappa shape index (κ3) is 4.91. The second-order valence-electron chi connectivity index (χ2n) is 6.81. The highest BCUT2D eigenvalue weighted by molar-refractivity contribution is 8.01. The van der Waals surface area contributed by atoms with E-state index < -0.39 is 21.7 Å². The van der Waals surface area contributed by atoms with Gasteiger partial charge in [-0.2, -0.15) is 0 Å². The lowest BCUT2D eigenvalue weighted by molar-refractivity contribution is -0.119. The fourth-order valence-corrected chi connectivity index (χ4v) is 5.35. The van der Waals surface area contributed by atoms with Crippen molar-refractivity contribution in [1.29, 1.82) is 0 Å². The van der Waals surface area contributed by atoms with Gasteiger partial charge in [-0.05, 0) is 37.3 Å². The van der Waals surface area contributed by atoms with E-state index in [4.69, 9.17) is 4.74 Å². The summed E-state index contributed by atoms with van der Waals surface area (Å²) in [6, 6.07) is 11.5. The van der Waals surface area contributed by atoms with Gasteiger partial charge >= 0.3 is 0 Å². The Labute approximate surface area is 174 Å². The van der Waals surface area contributed by atoms with Gasteiger partial charge in [0, 0.05) is 22.6 Å². The molecule has 0 aliphatic carbocycles. The molecule has 2 aromatic carbocycles. The van der Waals surface area contributed by atoms with Crippen LogP contribution in [0.1, 0.15) is 13.8 Å². The Morgan fingerprint density at radius 1 is 1.28 bits per heavy atom. The maximum Gasteiger partial charge on any atom is 0.237 e. The van der Waals surface area contributed by atoms with Crippen LogP contribution in [0, 0.1) is 5.92 Å². The number of benzene rings is 2. The van der Waals surface area contributed by atoms with Crippen LogP contribution >= 0.6 is 11.8 Å². The van der Waals surface area contributed by atoms with E-state index in [1.165, 1.54) is 31.0 Å². The Kier molecular flexibility index (Phi) is 6.18. The van der Waals surface area contributed by atoms with Gasteiger partial charge in [0.15, 0.2) is 9.84 Å². The summed E-state index contributed by atoms with van der Waals surface area (Å²) in [4.78, 5) is 25.2. The number of hydrogen-bond acceptors (Lipinski definition) is 6. The van der Waals surface area contributed by atoms with E-state index in [9.17, 15) is 18.0 Å². The molecule has 0 aromatic heterocycles. The maximum absolute atomic E-state index is 12.8. The van der Waals surface area contributed by atoms with Crippen LogP contribution in [0.25, 0.3) is 0 Å². The Balaban J connectivity index is 1.72. The predicted octanol–water partition coefficient (Wildman–Crippen LogP) is 3.18. The van der Waals surface area contributed by atoms with Gasteiger partial charge in [-0.3, -0.25) is 9.59 Å². The molecule has 2 aromatic rings. The molecule has 0 saturated carbocycles. The second-order valence-corrected chi connectivity index (χ2v) is 10.2. The zero-order valence-electron chi connectivity index (χ0n) is 16.3. The first kappa shape index (κ1) is 21.2. The van der Waals surface area contributed by atoms with Gasteiger partial charge in [0.1, 0.15) is 5.75 Å². The number of ether oxygens (including phenoxy) is 1. The van der Waals surface area contributed by atoms with Gasteiger partial charge in [-0.25, -0.2) is 8.42 Å². The summed E-state index contributed by atoms with van der Waals surface area (Å²) >= 11 is 1.38. The van der Waals surface area contributed by atoms with E-state index in [1.807, 2.05) is 0 Å². The molecule has 2 N–H and O–H groups in total. The highest BCUT2D eigenvalue weighted by atomic mass is 32.2. The number of carbonyl (C=O) groups excluding carboxylic acids is 2. The van der Waals surface area contributed by atoms with Crippen molar-refractivity contribution >= 4 is 44.8 Å². The molecule has 7 nitrogen and oxygen atoms in total. The van der Waals surface area contributed by atoms with Crippen LogP contribution in [0.5, 0.6) is 5.75 Å². The third-order valence-corrected chi connectivity index (χ3v) is 7.58. The Morgan fingerprint density at radius 3 is 2.76 bits per heavy atom. The summed E-state index contributed by atoms with van der Waals surface area (Å²) in [5, 5.41) is 5.20. The summed E-state index contributed by atoms with van der Waals surface area (Å²) in [7, 11) is -2.20. The number of carbonyl (C=O) groups is 2. The van der Waals surface area contributed by atoms with Crippen molar-refractivity contribution in [1.82, 2.24) is 0 Å². The van der Waals surface area contributed by atoms with Crippen molar-refractivity contribution in [2.24, 2.45) is 5.92 Å². The molecule has 1 aliphatic rings. The summed E-state index contributed by atoms with van der Waals surface area (Å²) in [6.07, 6.45) is 0. The molecule has 0 unspecified atom stereocenters. The fourth-order valence-electron chi connectivity index (χ4n) is 2.85. The Hall–Kier alpha value is -2.52. The maximum atomic E-state index is 12.8. The van der Waals surface area contributed by atoms with Crippen molar-refractivity contribution in [3.8, 4) is 5.75 Å². The summed E-state index contributed by atoms with van der Waals surface area (Å²) in [5.74, 6) is -1.10. The second kappa shape index (κ2) is 8.46. The van der Waals surface area contributed by atoms with Gasteiger partial charge in [0.25, 0.3) is 0 Å². The standard InChI is InChI=1S/C20H22N2O5S2/c1-12(19(23)21-14-5-4-6-15(9-14)27-3)11-29(25,26)16-7-8-18-17(10-16)22-20(24)13(2)28-18/h4-10,12-13H,11H2,1-3H3,(H,21,23)(H,22,24)/t12-,13+/m1/s1. The van der Waals surface area contributed by atoms with Crippen molar-refractivity contribution in [2.75, 3.05) is 23.5 Å². The van der Waals surface area contributed by atoms with Crippen molar-refractivity contribution < 1.29 is 22.7 Å². The van der Waals surface area contributed by atoms with Crippen molar-refractivity contribution in [2.45, 2.75) is 28.9 Å². The molecule has 9 heteroatoms. The lowest BCUT2D eigenvalue weighted by atomic mass is 10.2. The molecule has 2 amide bonds. The molecule has 0 spiro atoms. The highest BCUT2D eigenvalue weighted by Gasteiger charge is 2.27. The van der Waals surface area contributed by atoms with Gasteiger partial charge < -0.3 is 15.4 Å². The van der Waals surface area contributed by atoms with Gasteiger partial charge in [0.2, 0.25) is 11.8 Å². The molecule has 0 saturated heterocycles. The smallest absolute Gasteiger partial charge is 0.237 e. The molecule has 0 radical (unpaired) electrons. The molecular formula is C20H22N2O5S2. The largest absolute Gasteiger partial charge is 0.497 e. The first-order chi connectivity index (χ1) is 13.7. The van der Waals surface area contributed by atoms with E-state index >= 15 is 0 Å². The lowest BCUT2D eigenvalue weighted by Crippen LogP contribution is -2.28. The highest BCUT2D eigenvalue weighted by Crippen LogP contribution is 2.37. The number of amides is 2.